The average Bonchev–Trinajstić information content (AvgIpc) is 2.43. The minimum atomic E-state index is -1.20. The van der Waals surface area contributed by atoms with Gasteiger partial charge in [-0.3, -0.25) is 10.2 Å². The number of amides is 2. The highest BCUT2D eigenvalue weighted by atomic mass is 16.5. The highest BCUT2D eigenvalue weighted by molar-refractivity contribution is 5.82. The number of carbonyl (C=O) groups excluding carboxylic acids is 2. The van der Waals surface area contributed by atoms with E-state index in [1.54, 1.807) is 5.01 Å². The first kappa shape index (κ1) is 16.2. The van der Waals surface area contributed by atoms with Crippen LogP contribution in [0.2, 0.25) is 0 Å². The summed E-state index contributed by atoms with van der Waals surface area (Å²) in [5.41, 5.74) is 2.53. The molecule has 0 unspecified atom stereocenters. The molecule has 0 saturated carbocycles. The van der Waals surface area contributed by atoms with E-state index in [1.165, 1.54) is 7.11 Å². The number of hydrogen-bond acceptors (Lipinski definition) is 6. The van der Waals surface area contributed by atoms with Gasteiger partial charge >= 0.3 is 18.0 Å². The number of hydrogen-bond donors (Lipinski definition) is 3. The van der Waals surface area contributed by atoms with Gasteiger partial charge in [0.2, 0.25) is 0 Å². The van der Waals surface area contributed by atoms with Crippen molar-refractivity contribution in [3.63, 3.8) is 0 Å². The third kappa shape index (κ3) is 5.85. The first-order chi connectivity index (χ1) is 9.52. The number of esters is 1. The fourth-order valence-corrected chi connectivity index (χ4v) is 1.63. The lowest BCUT2D eigenvalue weighted by Gasteiger charge is -2.27. The quantitative estimate of drug-likeness (QED) is 0.533. The monoisotopic (exact) mass is 289 g/mol. The molecule has 3 N–H and O–H groups in total. The van der Waals surface area contributed by atoms with Crippen molar-refractivity contribution in [2.24, 2.45) is 0 Å². The summed E-state index contributed by atoms with van der Waals surface area (Å²) in [4.78, 5) is 33.6. The number of hydrazine groups is 1. The molecule has 0 aromatic heterocycles. The van der Waals surface area contributed by atoms with E-state index in [0.29, 0.717) is 26.3 Å². The normalized spacial score (nSPS) is 17.1. The van der Waals surface area contributed by atoms with Gasteiger partial charge < -0.3 is 19.9 Å². The molecule has 1 aliphatic rings. The molecule has 1 fully saturated rings. The zero-order chi connectivity index (χ0) is 15.0. The molecule has 1 atom stereocenters. The second kappa shape index (κ2) is 8.33. The van der Waals surface area contributed by atoms with Crippen LogP contribution in [0.15, 0.2) is 0 Å². The summed E-state index contributed by atoms with van der Waals surface area (Å²) in [5, 5.41) is 12.9. The van der Waals surface area contributed by atoms with Crippen LogP contribution in [0.3, 0.4) is 0 Å². The Kier molecular flexibility index (Phi) is 6.74. The number of carboxylic acid groups (broad SMARTS) is 1. The van der Waals surface area contributed by atoms with Crippen molar-refractivity contribution >= 4 is 18.0 Å². The van der Waals surface area contributed by atoms with Crippen LogP contribution in [0.1, 0.15) is 12.8 Å². The van der Waals surface area contributed by atoms with E-state index < -0.39 is 24.0 Å². The zero-order valence-corrected chi connectivity index (χ0v) is 11.3. The van der Waals surface area contributed by atoms with Gasteiger partial charge in [-0.15, -0.1) is 0 Å². The third-order valence-electron chi connectivity index (χ3n) is 2.74. The van der Waals surface area contributed by atoms with Gasteiger partial charge in [0.05, 0.1) is 20.3 Å². The van der Waals surface area contributed by atoms with Gasteiger partial charge in [0.15, 0.2) is 0 Å². The van der Waals surface area contributed by atoms with Gasteiger partial charge in [0.1, 0.15) is 6.04 Å². The molecule has 0 aromatic carbocycles. The molecule has 0 aromatic rings. The SMILES string of the molecule is COC(=O)CC[C@H](NC(=O)NN1CCOCC1)C(=O)O. The van der Waals surface area contributed by atoms with Gasteiger partial charge in [0.25, 0.3) is 0 Å². The van der Waals surface area contributed by atoms with Crippen molar-refractivity contribution in [1.82, 2.24) is 15.8 Å². The summed E-state index contributed by atoms with van der Waals surface area (Å²) < 4.78 is 9.54. The molecule has 114 valence electrons. The summed E-state index contributed by atoms with van der Waals surface area (Å²) in [5.74, 6) is -1.72. The summed E-state index contributed by atoms with van der Waals surface area (Å²) in [6.45, 7) is 2.08. The number of aliphatic carboxylic acids is 1. The van der Waals surface area contributed by atoms with Crippen molar-refractivity contribution in [3.05, 3.63) is 0 Å². The largest absolute Gasteiger partial charge is 0.480 e. The fraction of sp³-hybridized carbons (Fsp3) is 0.727. The Bertz CT molecular complexity index is 356. The number of rotatable bonds is 6. The third-order valence-corrected chi connectivity index (χ3v) is 2.74. The summed E-state index contributed by atoms with van der Waals surface area (Å²) in [7, 11) is 1.22. The average molecular weight is 289 g/mol. The maximum absolute atomic E-state index is 11.7. The lowest BCUT2D eigenvalue weighted by atomic mass is 10.1. The molecule has 0 spiro atoms. The first-order valence-corrected chi connectivity index (χ1v) is 6.22. The second-order valence-electron chi connectivity index (χ2n) is 4.19. The predicted octanol–water partition coefficient (Wildman–Crippen LogP) is -1.06. The first-order valence-electron chi connectivity index (χ1n) is 6.22. The molecule has 0 bridgehead atoms. The van der Waals surface area contributed by atoms with E-state index in [4.69, 9.17) is 9.84 Å². The Morgan fingerprint density at radius 3 is 2.55 bits per heavy atom. The molecule has 1 aliphatic heterocycles. The number of nitrogens with one attached hydrogen (secondary N) is 2. The van der Waals surface area contributed by atoms with Crippen LogP contribution in [0, 0.1) is 0 Å². The van der Waals surface area contributed by atoms with Crippen LogP contribution in [-0.4, -0.2) is 67.5 Å². The number of urea groups is 1. The summed E-state index contributed by atoms with van der Waals surface area (Å²) >= 11 is 0. The zero-order valence-electron chi connectivity index (χ0n) is 11.3. The standard InChI is InChI=1S/C11H19N3O6/c1-19-9(15)3-2-8(10(16)17)12-11(18)13-14-4-6-20-7-5-14/h8H,2-7H2,1H3,(H,16,17)(H2,12,13,18)/t8-/m0/s1. The summed E-state index contributed by atoms with van der Waals surface area (Å²) in [6, 6.07) is -1.76. The molecule has 20 heavy (non-hydrogen) atoms. The number of methoxy groups -OCH3 is 1. The number of ether oxygens (including phenoxy) is 2. The highest BCUT2D eigenvalue weighted by Crippen LogP contribution is 2.00. The van der Waals surface area contributed by atoms with Gasteiger partial charge in [0, 0.05) is 19.5 Å². The molecular weight excluding hydrogens is 270 g/mol. The van der Waals surface area contributed by atoms with Gasteiger partial charge in [-0.25, -0.2) is 14.6 Å². The van der Waals surface area contributed by atoms with E-state index in [0.717, 1.165) is 0 Å². The summed E-state index contributed by atoms with van der Waals surface area (Å²) in [6.07, 6.45) is -0.107. The molecule has 2 amide bonds. The van der Waals surface area contributed by atoms with Crippen LogP contribution in [-0.2, 0) is 19.1 Å². The number of carbonyl (C=O) groups is 3. The molecule has 9 heteroatoms. The molecular formula is C11H19N3O6. The molecule has 1 saturated heterocycles. The van der Waals surface area contributed by atoms with Crippen molar-refractivity contribution in [2.75, 3.05) is 33.4 Å². The van der Waals surface area contributed by atoms with E-state index in [2.05, 4.69) is 15.5 Å². The maximum atomic E-state index is 11.7. The smallest absolute Gasteiger partial charge is 0.330 e. The van der Waals surface area contributed by atoms with Crippen LogP contribution in [0.25, 0.3) is 0 Å². The van der Waals surface area contributed by atoms with Crippen molar-refractivity contribution in [3.8, 4) is 0 Å². The van der Waals surface area contributed by atoms with E-state index in [9.17, 15) is 14.4 Å². The Morgan fingerprint density at radius 2 is 2.00 bits per heavy atom. The minimum Gasteiger partial charge on any atom is -0.480 e. The van der Waals surface area contributed by atoms with E-state index >= 15 is 0 Å². The van der Waals surface area contributed by atoms with Crippen LogP contribution >= 0.6 is 0 Å². The van der Waals surface area contributed by atoms with Gasteiger partial charge in [-0.05, 0) is 6.42 Å². The number of nitrogens with zero attached hydrogens (tertiary/aromatic N) is 1. The minimum absolute atomic E-state index is 0.0292. The van der Waals surface area contributed by atoms with Crippen LogP contribution < -0.4 is 10.7 Å². The lowest BCUT2D eigenvalue weighted by molar-refractivity contribution is -0.142. The van der Waals surface area contributed by atoms with Gasteiger partial charge in [-0.1, -0.05) is 0 Å². The number of morpholine rings is 1. The van der Waals surface area contributed by atoms with Crippen LogP contribution in [0.5, 0.6) is 0 Å². The second-order valence-corrected chi connectivity index (χ2v) is 4.19. The predicted molar refractivity (Wildman–Crippen MR) is 66.7 cm³/mol. The lowest BCUT2D eigenvalue weighted by Crippen LogP contribution is -2.54. The van der Waals surface area contributed by atoms with Gasteiger partial charge in [-0.2, -0.15) is 0 Å². The topological polar surface area (TPSA) is 117 Å². The molecule has 0 aliphatic carbocycles. The highest BCUT2D eigenvalue weighted by Gasteiger charge is 2.22. The maximum Gasteiger partial charge on any atom is 0.330 e. The molecule has 0 radical (unpaired) electrons. The molecule has 1 rings (SSSR count). The van der Waals surface area contributed by atoms with E-state index in [-0.39, 0.29) is 12.8 Å². The van der Waals surface area contributed by atoms with Crippen molar-refractivity contribution in [1.29, 1.82) is 0 Å². The molecule has 9 nitrogen and oxygen atoms in total. The Morgan fingerprint density at radius 1 is 1.35 bits per heavy atom. The van der Waals surface area contributed by atoms with Crippen molar-refractivity contribution < 1.29 is 29.0 Å². The Hall–Kier alpha value is -1.87. The van der Waals surface area contributed by atoms with E-state index in [1.807, 2.05) is 0 Å². The molecule has 1 heterocycles. The number of carboxylic acids is 1. The Balaban J connectivity index is 2.37. The Labute approximate surface area is 116 Å². The van der Waals surface area contributed by atoms with Crippen LogP contribution in [0.4, 0.5) is 4.79 Å². The fourth-order valence-electron chi connectivity index (χ4n) is 1.63. The van der Waals surface area contributed by atoms with Crippen molar-refractivity contribution in [2.45, 2.75) is 18.9 Å².